The Morgan fingerprint density at radius 3 is 2.34 bits per heavy atom. The lowest BCUT2D eigenvalue weighted by molar-refractivity contribution is -0.122. The van der Waals surface area contributed by atoms with Crippen LogP contribution >= 0.6 is 11.6 Å². The molecule has 0 spiro atoms. The monoisotopic (exact) mass is 666 g/mol. The van der Waals surface area contributed by atoms with Gasteiger partial charge in [0.25, 0.3) is 0 Å². The van der Waals surface area contributed by atoms with Crippen LogP contribution < -0.4 is 26.5 Å². The van der Waals surface area contributed by atoms with Gasteiger partial charge in [-0.3, -0.25) is 19.5 Å². The van der Waals surface area contributed by atoms with E-state index in [4.69, 9.17) is 25.5 Å². The molecule has 4 aromatic rings. The second kappa shape index (κ2) is 18.2. The molecule has 0 bridgehead atoms. The van der Waals surface area contributed by atoms with Gasteiger partial charge in [-0.05, 0) is 48.5 Å². The number of ether oxygens (including phenoxy) is 2. The van der Waals surface area contributed by atoms with Crippen LogP contribution in [0.15, 0.2) is 63.9 Å². The van der Waals surface area contributed by atoms with Crippen molar-refractivity contribution in [3.63, 3.8) is 0 Å². The molecule has 0 aliphatic carbocycles. The van der Waals surface area contributed by atoms with Gasteiger partial charge in [0.05, 0.1) is 44.9 Å². The van der Waals surface area contributed by atoms with Crippen molar-refractivity contribution in [2.45, 2.75) is 13.3 Å². The molecule has 2 amide bonds. The summed E-state index contributed by atoms with van der Waals surface area (Å²) in [5, 5.41) is 11.5. The highest BCUT2D eigenvalue weighted by Crippen LogP contribution is 2.25. The maximum Gasteiger partial charge on any atom is 0.336 e. The number of fused-ring (bicyclic) bond motifs is 2. The zero-order valence-electron chi connectivity index (χ0n) is 27.1. The fourth-order valence-electron chi connectivity index (χ4n) is 4.96. The Labute approximate surface area is 279 Å². The number of anilines is 2. The lowest BCUT2D eigenvalue weighted by atomic mass is 10.1. The molecule has 0 saturated heterocycles. The molecule has 4 rings (SSSR count). The number of amides is 2. The van der Waals surface area contributed by atoms with Gasteiger partial charge in [-0.1, -0.05) is 18.5 Å². The molecule has 0 aliphatic rings. The fourth-order valence-corrected chi connectivity index (χ4v) is 5.12. The SMILES string of the molecule is CCN(CCNc1ccnc2cc(Cl)ccc12)CC(=O)NCCOCCOCCNC(=O)Cc1cc(=O)oc2cc(N(C)C)ccc12. The molecule has 0 saturated carbocycles. The maximum atomic E-state index is 12.5. The van der Waals surface area contributed by atoms with Gasteiger partial charge in [-0.15, -0.1) is 0 Å². The van der Waals surface area contributed by atoms with Crippen molar-refractivity contribution in [3.8, 4) is 0 Å². The highest BCUT2D eigenvalue weighted by molar-refractivity contribution is 6.31. The van der Waals surface area contributed by atoms with E-state index in [1.807, 2.05) is 62.3 Å². The van der Waals surface area contributed by atoms with Crippen LogP contribution in [0.4, 0.5) is 11.4 Å². The summed E-state index contributed by atoms with van der Waals surface area (Å²) in [6.45, 7) is 6.60. The molecule has 2 aromatic carbocycles. The van der Waals surface area contributed by atoms with Gasteiger partial charge in [0.1, 0.15) is 5.58 Å². The third kappa shape index (κ3) is 11.2. The number of benzene rings is 2. The summed E-state index contributed by atoms with van der Waals surface area (Å²) in [5.41, 5.74) is 3.27. The van der Waals surface area contributed by atoms with E-state index >= 15 is 0 Å². The van der Waals surface area contributed by atoms with Crippen molar-refractivity contribution < 1.29 is 23.5 Å². The third-order valence-corrected chi connectivity index (χ3v) is 7.69. The van der Waals surface area contributed by atoms with Crippen molar-refractivity contribution in [2.75, 3.05) is 90.0 Å². The summed E-state index contributed by atoms with van der Waals surface area (Å²) >= 11 is 6.08. The van der Waals surface area contributed by atoms with Gasteiger partial charge in [0.15, 0.2) is 0 Å². The molecule has 0 aliphatic heterocycles. The second-order valence-corrected chi connectivity index (χ2v) is 11.5. The van der Waals surface area contributed by atoms with Crippen molar-refractivity contribution in [3.05, 3.63) is 75.7 Å². The lowest BCUT2D eigenvalue weighted by Crippen LogP contribution is -2.40. The average molecular weight is 667 g/mol. The summed E-state index contributed by atoms with van der Waals surface area (Å²) < 4.78 is 16.4. The molecular weight excluding hydrogens is 624 g/mol. The van der Waals surface area contributed by atoms with E-state index in [-0.39, 0.29) is 18.2 Å². The summed E-state index contributed by atoms with van der Waals surface area (Å²) in [4.78, 5) is 45.3. The first-order valence-electron chi connectivity index (χ1n) is 15.7. The van der Waals surface area contributed by atoms with Crippen molar-refractivity contribution in [2.24, 2.45) is 0 Å². The van der Waals surface area contributed by atoms with Crippen LogP contribution in [-0.4, -0.2) is 101 Å². The van der Waals surface area contributed by atoms with Gasteiger partial charge < -0.3 is 34.7 Å². The summed E-state index contributed by atoms with van der Waals surface area (Å²) in [7, 11) is 3.80. The number of pyridine rings is 1. The van der Waals surface area contributed by atoms with Crippen LogP contribution in [0.2, 0.25) is 5.02 Å². The molecular formula is C34H43ClN6O6. The Hall–Kier alpha value is -4.23. The molecule has 47 heavy (non-hydrogen) atoms. The van der Waals surface area contributed by atoms with E-state index in [1.54, 1.807) is 12.3 Å². The Kier molecular flexibility index (Phi) is 13.8. The number of hydrogen-bond acceptors (Lipinski definition) is 10. The minimum absolute atomic E-state index is 0.0598. The number of nitrogens with one attached hydrogen (secondary N) is 3. The lowest BCUT2D eigenvalue weighted by Gasteiger charge is -2.20. The predicted octanol–water partition coefficient (Wildman–Crippen LogP) is 3.30. The number of likely N-dealkylation sites (N-methyl/N-ethyl adjacent to an activating group) is 1. The number of aromatic nitrogens is 1. The summed E-state index contributed by atoms with van der Waals surface area (Å²) in [6, 6.07) is 14.5. The normalized spacial score (nSPS) is 11.3. The topological polar surface area (TPSA) is 138 Å². The summed E-state index contributed by atoms with van der Waals surface area (Å²) in [6.07, 6.45) is 1.81. The molecule has 0 atom stereocenters. The quantitative estimate of drug-likeness (QED) is 0.101. The van der Waals surface area contributed by atoms with Crippen molar-refractivity contribution >= 4 is 56.7 Å². The van der Waals surface area contributed by atoms with Gasteiger partial charge in [0, 0.05) is 85.8 Å². The number of carbonyl (C=O) groups is 2. The van der Waals surface area contributed by atoms with E-state index in [1.165, 1.54) is 6.07 Å². The third-order valence-electron chi connectivity index (χ3n) is 7.45. The first-order valence-corrected chi connectivity index (χ1v) is 16.0. The van der Waals surface area contributed by atoms with Crippen LogP contribution in [0.25, 0.3) is 21.9 Å². The number of hydrogen-bond donors (Lipinski definition) is 3. The van der Waals surface area contributed by atoms with Crippen LogP contribution in [0.3, 0.4) is 0 Å². The average Bonchev–Trinajstić information content (AvgIpc) is 3.04. The van der Waals surface area contributed by atoms with Crippen molar-refractivity contribution in [1.82, 2.24) is 20.5 Å². The van der Waals surface area contributed by atoms with Gasteiger partial charge in [-0.2, -0.15) is 0 Å². The minimum atomic E-state index is -0.492. The zero-order valence-corrected chi connectivity index (χ0v) is 27.9. The van der Waals surface area contributed by atoms with E-state index in [0.29, 0.717) is 75.3 Å². The van der Waals surface area contributed by atoms with Crippen LogP contribution in [0.5, 0.6) is 0 Å². The largest absolute Gasteiger partial charge is 0.423 e. The summed E-state index contributed by atoms with van der Waals surface area (Å²) in [5.74, 6) is -0.274. The Morgan fingerprint density at radius 1 is 0.894 bits per heavy atom. The predicted molar refractivity (Wildman–Crippen MR) is 186 cm³/mol. The van der Waals surface area contributed by atoms with Crippen LogP contribution in [0, 0.1) is 0 Å². The highest BCUT2D eigenvalue weighted by Gasteiger charge is 2.12. The highest BCUT2D eigenvalue weighted by atomic mass is 35.5. The van der Waals surface area contributed by atoms with Gasteiger partial charge in [-0.25, -0.2) is 4.79 Å². The molecule has 0 radical (unpaired) electrons. The van der Waals surface area contributed by atoms with E-state index in [0.717, 1.165) is 34.2 Å². The molecule has 13 heteroatoms. The van der Waals surface area contributed by atoms with Crippen molar-refractivity contribution in [1.29, 1.82) is 0 Å². The van der Waals surface area contributed by atoms with Crippen LogP contribution in [0.1, 0.15) is 12.5 Å². The molecule has 0 fully saturated rings. The number of halogens is 1. The number of carbonyl (C=O) groups excluding carboxylic acids is 2. The minimum Gasteiger partial charge on any atom is -0.423 e. The molecule has 2 heterocycles. The first-order chi connectivity index (χ1) is 22.7. The van der Waals surface area contributed by atoms with E-state index < -0.39 is 5.63 Å². The number of rotatable bonds is 19. The second-order valence-electron chi connectivity index (χ2n) is 11.1. The smallest absolute Gasteiger partial charge is 0.336 e. The Morgan fingerprint density at radius 2 is 1.62 bits per heavy atom. The Bertz CT molecular complexity index is 1700. The molecule has 252 valence electrons. The van der Waals surface area contributed by atoms with Gasteiger partial charge >= 0.3 is 5.63 Å². The Balaban J connectivity index is 1.03. The molecule has 2 aromatic heterocycles. The molecule has 3 N–H and O–H groups in total. The number of nitrogens with zero attached hydrogens (tertiary/aromatic N) is 3. The standard InChI is InChI=1S/C34H43ClN6O6/c1-4-41(14-11-37-29-9-10-36-30-21-25(35)5-7-28(29)30)23-33(43)39-13-16-46-18-17-45-15-12-38-32(42)19-24-20-34(44)47-31-22-26(40(2)3)6-8-27(24)31/h5-10,20-22H,4,11-19,23H2,1-3H3,(H,36,37)(H,38,42)(H,39,43). The first kappa shape index (κ1) is 35.6. The van der Waals surface area contributed by atoms with E-state index in [9.17, 15) is 14.4 Å². The maximum absolute atomic E-state index is 12.5. The zero-order chi connectivity index (χ0) is 33.6. The molecule has 0 unspecified atom stereocenters. The van der Waals surface area contributed by atoms with Gasteiger partial charge in [0.2, 0.25) is 11.8 Å². The molecule has 12 nitrogen and oxygen atoms in total. The van der Waals surface area contributed by atoms with E-state index in [2.05, 4.69) is 25.8 Å². The fraction of sp³-hybridized carbons (Fsp3) is 0.412. The van der Waals surface area contributed by atoms with Crippen LogP contribution in [-0.2, 0) is 25.5 Å².